The highest BCUT2D eigenvalue weighted by Crippen LogP contribution is 2.18. The molecule has 0 radical (unpaired) electrons. The molecule has 0 fully saturated rings. The van der Waals surface area contributed by atoms with Gasteiger partial charge in [-0.2, -0.15) is 0 Å². The molecule has 0 heteroatoms. The zero-order chi connectivity index (χ0) is 9.68. The Morgan fingerprint density at radius 1 is 1.31 bits per heavy atom. The quantitative estimate of drug-likeness (QED) is 0.561. The molecule has 0 heterocycles. The summed E-state index contributed by atoms with van der Waals surface area (Å²) in [5.41, 5.74) is 3.62. The van der Waals surface area contributed by atoms with Gasteiger partial charge in [-0.15, -0.1) is 0 Å². The van der Waals surface area contributed by atoms with Crippen LogP contribution in [-0.2, 0) is 0 Å². The van der Waals surface area contributed by atoms with Gasteiger partial charge >= 0.3 is 0 Å². The van der Waals surface area contributed by atoms with Crippen LogP contribution in [0, 0.1) is 0 Å². The minimum atomic E-state index is 1.02. The third kappa shape index (κ3) is 2.90. The lowest BCUT2D eigenvalue weighted by molar-refractivity contribution is 1.40. The molecular weight excluding hydrogens is 156 g/mol. The molecule has 0 spiro atoms. The summed E-state index contributed by atoms with van der Waals surface area (Å²) in [5, 5.41) is 0. The SMILES string of the molecule is C=C(C)/C=C1/C=CCC=CC1=CC. The molecule has 0 atom stereocenters. The van der Waals surface area contributed by atoms with Crippen molar-refractivity contribution in [3.8, 4) is 0 Å². The monoisotopic (exact) mass is 172 g/mol. The molecule has 0 aliphatic heterocycles. The van der Waals surface area contributed by atoms with Crippen LogP contribution in [0.5, 0.6) is 0 Å². The average molecular weight is 172 g/mol. The fraction of sp³-hybridized carbons (Fsp3) is 0.231. The number of allylic oxidation sites excluding steroid dienone is 9. The second-order valence-corrected chi connectivity index (χ2v) is 3.23. The maximum atomic E-state index is 3.89. The third-order valence-corrected chi connectivity index (χ3v) is 1.91. The largest absolute Gasteiger partial charge is 0.0961 e. The molecular formula is C13H16. The first kappa shape index (κ1) is 9.79. The van der Waals surface area contributed by atoms with E-state index >= 15 is 0 Å². The predicted molar refractivity (Wildman–Crippen MR) is 59.6 cm³/mol. The summed E-state index contributed by atoms with van der Waals surface area (Å²) in [7, 11) is 0. The van der Waals surface area contributed by atoms with E-state index in [0.29, 0.717) is 0 Å². The highest BCUT2D eigenvalue weighted by Gasteiger charge is 1.99. The van der Waals surface area contributed by atoms with Gasteiger partial charge in [0.15, 0.2) is 0 Å². The summed E-state index contributed by atoms with van der Waals surface area (Å²) >= 11 is 0. The number of hydrogen-bond donors (Lipinski definition) is 0. The van der Waals surface area contributed by atoms with Crippen molar-refractivity contribution in [3.63, 3.8) is 0 Å². The summed E-state index contributed by atoms with van der Waals surface area (Å²) in [6.07, 6.45) is 13.9. The van der Waals surface area contributed by atoms with Gasteiger partial charge in [-0.05, 0) is 31.4 Å². The Labute approximate surface area is 80.7 Å². The normalized spacial score (nSPS) is 22.3. The van der Waals surface area contributed by atoms with Gasteiger partial charge in [0.1, 0.15) is 0 Å². The van der Waals surface area contributed by atoms with E-state index in [1.54, 1.807) is 0 Å². The molecule has 1 aliphatic carbocycles. The van der Waals surface area contributed by atoms with Crippen LogP contribution in [0.1, 0.15) is 20.3 Å². The van der Waals surface area contributed by atoms with E-state index in [1.807, 2.05) is 6.92 Å². The van der Waals surface area contributed by atoms with E-state index in [4.69, 9.17) is 0 Å². The molecule has 0 bridgehead atoms. The summed E-state index contributed by atoms with van der Waals surface area (Å²) < 4.78 is 0. The second-order valence-electron chi connectivity index (χ2n) is 3.23. The van der Waals surface area contributed by atoms with E-state index in [1.165, 1.54) is 11.1 Å². The molecule has 0 aromatic carbocycles. The highest BCUT2D eigenvalue weighted by molar-refractivity contribution is 5.50. The Bertz CT molecular complexity index is 309. The van der Waals surface area contributed by atoms with Crippen LogP contribution in [-0.4, -0.2) is 0 Å². The molecule has 0 unspecified atom stereocenters. The van der Waals surface area contributed by atoms with Gasteiger partial charge in [-0.3, -0.25) is 0 Å². The molecule has 0 saturated carbocycles. The second kappa shape index (κ2) is 4.66. The van der Waals surface area contributed by atoms with Crippen molar-refractivity contribution in [2.45, 2.75) is 20.3 Å². The zero-order valence-corrected chi connectivity index (χ0v) is 8.38. The van der Waals surface area contributed by atoms with E-state index in [-0.39, 0.29) is 0 Å². The Kier molecular flexibility index (Phi) is 3.51. The van der Waals surface area contributed by atoms with Crippen molar-refractivity contribution in [2.75, 3.05) is 0 Å². The van der Waals surface area contributed by atoms with Crippen molar-refractivity contribution in [1.29, 1.82) is 0 Å². The highest BCUT2D eigenvalue weighted by atomic mass is 14.0. The number of hydrogen-bond acceptors (Lipinski definition) is 0. The van der Waals surface area contributed by atoms with Gasteiger partial charge in [0.05, 0.1) is 0 Å². The lowest BCUT2D eigenvalue weighted by atomic mass is 10.0. The van der Waals surface area contributed by atoms with Crippen LogP contribution in [0.25, 0.3) is 0 Å². The van der Waals surface area contributed by atoms with E-state index in [0.717, 1.165) is 12.0 Å². The summed E-state index contributed by atoms with van der Waals surface area (Å²) in [5.74, 6) is 0. The summed E-state index contributed by atoms with van der Waals surface area (Å²) in [6, 6.07) is 0. The van der Waals surface area contributed by atoms with Gasteiger partial charge in [-0.1, -0.05) is 48.6 Å². The minimum Gasteiger partial charge on any atom is -0.0961 e. The first-order chi connectivity index (χ1) is 6.24. The van der Waals surface area contributed by atoms with Crippen molar-refractivity contribution in [3.05, 3.63) is 59.8 Å². The summed E-state index contributed by atoms with van der Waals surface area (Å²) in [4.78, 5) is 0. The molecule has 0 aromatic heterocycles. The molecule has 1 rings (SSSR count). The smallest absolute Gasteiger partial charge is 0.0162 e. The average Bonchev–Trinajstić information content (AvgIpc) is 2.28. The maximum Gasteiger partial charge on any atom is -0.0162 e. The van der Waals surface area contributed by atoms with Crippen molar-refractivity contribution < 1.29 is 0 Å². The molecule has 0 N–H and O–H groups in total. The standard InChI is InChI=1S/C13H16/c1-4-12-8-6-5-7-9-13(12)10-11(2)3/h4,6-10H,2,5H2,1,3H3/b12-4?,13-10-. The molecule has 68 valence electrons. The molecule has 0 saturated heterocycles. The zero-order valence-electron chi connectivity index (χ0n) is 8.38. The van der Waals surface area contributed by atoms with E-state index in [2.05, 4.69) is 50.0 Å². The first-order valence-corrected chi connectivity index (χ1v) is 4.61. The Morgan fingerprint density at radius 2 is 1.92 bits per heavy atom. The first-order valence-electron chi connectivity index (χ1n) is 4.61. The van der Waals surface area contributed by atoms with Gasteiger partial charge in [0.2, 0.25) is 0 Å². The van der Waals surface area contributed by atoms with Gasteiger partial charge in [0, 0.05) is 0 Å². The third-order valence-electron chi connectivity index (χ3n) is 1.91. The van der Waals surface area contributed by atoms with E-state index in [9.17, 15) is 0 Å². The van der Waals surface area contributed by atoms with Crippen LogP contribution in [0.3, 0.4) is 0 Å². The van der Waals surface area contributed by atoms with Gasteiger partial charge < -0.3 is 0 Å². The van der Waals surface area contributed by atoms with Gasteiger partial charge in [-0.25, -0.2) is 0 Å². The van der Waals surface area contributed by atoms with Crippen molar-refractivity contribution in [1.82, 2.24) is 0 Å². The molecule has 0 aromatic rings. The summed E-state index contributed by atoms with van der Waals surface area (Å²) in [6.45, 7) is 7.96. The minimum absolute atomic E-state index is 1.02. The van der Waals surface area contributed by atoms with Crippen LogP contribution < -0.4 is 0 Å². The fourth-order valence-corrected chi connectivity index (χ4v) is 1.32. The number of rotatable bonds is 1. The van der Waals surface area contributed by atoms with E-state index < -0.39 is 0 Å². The van der Waals surface area contributed by atoms with Crippen LogP contribution in [0.2, 0.25) is 0 Å². The molecule has 13 heavy (non-hydrogen) atoms. The van der Waals surface area contributed by atoms with Crippen LogP contribution in [0.4, 0.5) is 0 Å². The maximum absolute atomic E-state index is 3.89. The Balaban J connectivity index is 3.05. The lowest BCUT2D eigenvalue weighted by Gasteiger charge is -2.01. The van der Waals surface area contributed by atoms with Crippen LogP contribution in [0.15, 0.2) is 59.8 Å². The fourth-order valence-electron chi connectivity index (χ4n) is 1.32. The topological polar surface area (TPSA) is 0 Å². The van der Waals surface area contributed by atoms with Crippen molar-refractivity contribution in [2.24, 2.45) is 0 Å². The molecule has 0 amide bonds. The Morgan fingerprint density at radius 3 is 2.46 bits per heavy atom. The lowest BCUT2D eigenvalue weighted by Crippen LogP contribution is -1.82. The molecule has 1 aliphatic rings. The Hall–Kier alpha value is -1.30. The predicted octanol–water partition coefficient (Wildman–Crippen LogP) is 3.95. The molecule has 0 nitrogen and oxygen atoms in total. The van der Waals surface area contributed by atoms with Crippen LogP contribution >= 0.6 is 0 Å². The van der Waals surface area contributed by atoms with Gasteiger partial charge in [0.25, 0.3) is 0 Å². The van der Waals surface area contributed by atoms with Crippen molar-refractivity contribution >= 4 is 0 Å².